The van der Waals surface area contributed by atoms with Crippen molar-refractivity contribution in [1.29, 1.82) is 0 Å². The third kappa shape index (κ3) is 2.93. The molecule has 19 heavy (non-hydrogen) atoms. The highest BCUT2D eigenvalue weighted by atomic mass is 16.5. The standard InChI is InChI=1S/C16H24N2O/c1-19-16-8-11-17(12-9-16)15-7-10-18(13-15)14-5-3-2-4-6-14/h2-6,15-16H,7-13H2,1H3. The summed E-state index contributed by atoms with van der Waals surface area (Å²) >= 11 is 0. The second-order valence-corrected chi connectivity index (χ2v) is 5.70. The summed E-state index contributed by atoms with van der Waals surface area (Å²) in [5.74, 6) is 0. The topological polar surface area (TPSA) is 15.7 Å². The molecule has 104 valence electrons. The molecule has 0 saturated carbocycles. The van der Waals surface area contributed by atoms with Crippen molar-refractivity contribution >= 4 is 5.69 Å². The molecule has 1 aromatic carbocycles. The molecule has 2 saturated heterocycles. The van der Waals surface area contributed by atoms with Gasteiger partial charge >= 0.3 is 0 Å². The van der Waals surface area contributed by atoms with Gasteiger partial charge in [-0.1, -0.05) is 18.2 Å². The van der Waals surface area contributed by atoms with Crippen LogP contribution in [0.5, 0.6) is 0 Å². The molecular formula is C16H24N2O. The first-order chi connectivity index (χ1) is 9.36. The molecule has 2 heterocycles. The molecule has 3 nitrogen and oxygen atoms in total. The average Bonchev–Trinajstić information content (AvgIpc) is 2.98. The minimum Gasteiger partial charge on any atom is -0.381 e. The van der Waals surface area contributed by atoms with Gasteiger partial charge in [0.2, 0.25) is 0 Å². The quantitative estimate of drug-likeness (QED) is 0.830. The molecule has 3 rings (SSSR count). The summed E-state index contributed by atoms with van der Waals surface area (Å²) in [5, 5.41) is 0. The zero-order valence-corrected chi connectivity index (χ0v) is 11.8. The number of hydrogen-bond acceptors (Lipinski definition) is 3. The molecule has 0 aliphatic carbocycles. The monoisotopic (exact) mass is 260 g/mol. The number of hydrogen-bond donors (Lipinski definition) is 0. The van der Waals surface area contributed by atoms with E-state index in [4.69, 9.17) is 4.74 Å². The summed E-state index contributed by atoms with van der Waals surface area (Å²) in [6.45, 7) is 4.78. The summed E-state index contributed by atoms with van der Waals surface area (Å²) in [6.07, 6.45) is 4.17. The summed E-state index contributed by atoms with van der Waals surface area (Å²) in [7, 11) is 1.84. The molecule has 2 fully saturated rings. The molecule has 2 aliphatic rings. The number of benzene rings is 1. The fraction of sp³-hybridized carbons (Fsp3) is 0.625. The maximum atomic E-state index is 5.46. The van der Waals surface area contributed by atoms with Crippen molar-refractivity contribution in [2.45, 2.75) is 31.4 Å². The van der Waals surface area contributed by atoms with Crippen molar-refractivity contribution in [3.8, 4) is 0 Å². The second-order valence-electron chi connectivity index (χ2n) is 5.70. The molecule has 3 heteroatoms. The van der Waals surface area contributed by atoms with Crippen molar-refractivity contribution in [3.63, 3.8) is 0 Å². The van der Waals surface area contributed by atoms with Crippen molar-refractivity contribution < 1.29 is 4.74 Å². The lowest BCUT2D eigenvalue weighted by Gasteiger charge is -2.35. The van der Waals surface area contributed by atoms with E-state index >= 15 is 0 Å². The van der Waals surface area contributed by atoms with E-state index in [-0.39, 0.29) is 0 Å². The van der Waals surface area contributed by atoms with Crippen molar-refractivity contribution in [2.24, 2.45) is 0 Å². The Morgan fingerprint density at radius 2 is 1.74 bits per heavy atom. The normalized spacial score (nSPS) is 25.9. The summed E-state index contributed by atoms with van der Waals surface area (Å²) in [5.41, 5.74) is 1.37. The van der Waals surface area contributed by atoms with E-state index in [2.05, 4.69) is 40.1 Å². The Hall–Kier alpha value is -1.06. The Labute approximate surface area is 116 Å². The number of anilines is 1. The van der Waals surface area contributed by atoms with Gasteiger partial charge < -0.3 is 9.64 Å². The van der Waals surface area contributed by atoms with Gasteiger partial charge in [0.25, 0.3) is 0 Å². The van der Waals surface area contributed by atoms with Crippen molar-refractivity contribution in [1.82, 2.24) is 4.90 Å². The Balaban J connectivity index is 1.55. The third-order valence-corrected chi connectivity index (χ3v) is 4.61. The predicted molar refractivity (Wildman–Crippen MR) is 78.7 cm³/mol. The molecule has 0 radical (unpaired) electrons. The van der Waals surface area contributed by atoms with Crippen LogP contribution in [0.3, 0.4) is 0 Å². The molecule has 0 aromatic heterocycles. The highest BCUT2D eigenvalue weighted by molar-refractivity contribution is 5.47. The Bertz CT molecular complexity index is 387. The zero-order valence-electron chi connectivity index (χ0n) is 11.8. The van der Waals surface area contributed by atoms with Gasteiger partial charge in [0, 0.05) is 45.0 Å². The van der Waals surface area contributed by atoms with Crippen LogP contribution >= 0.6 is 0 Å². The maximum absolute atomic E-state index is 5.46. The Kier molecular flexibility index (Phi) is 4.04. The van der Waals surface area contributed by atoms with Gasteiger partial charge in [-0.05, 0) is 31.4 Å². The predicted octanol–water partition coefficient (Wildman–Crippen LogP) is 2.38. The minimum absolute atomic E-state index is 0.489. The first kappa shape index (κ1) is 12.9. The average molecular weight is 260 g/mol. The third-order valence-electron chi connectivity index (χ3n) is 4.61. The molecule has 2 aliphatic heterocycles. The largest absolute Gasteiger partial charge is 0.381 e. The first-order valence-electron chi connectivity index (χ1n) is 7.43. The molecule has 0 bridgehead atoms. The van der Waals surface area contributed by atoms with Crippen LogP contribution in [-0.2, 0) is 4.74 Å². The summed E-state index contributed by atoms with van der Waals surface area (Å²) < 4.78 is 5.46. The molecule has 1 aromatic rings. The number of piperidine rings is 1. The summed E-state index contributed by atoms with van der Waals surface area (Å²) in [6, 6.07) is 11.5. The SMILES string of the molecule is COC1CCN(C2CCN(c3ccccc3)C2)CC1. The van der Waals surface area contributed by atoms with Crippen LogP contribution in [0.4, 0.5) is 5.69 Å². The van der Waals surface area contributed by atoms with Crippen LogP contribution in [0.15, 0.2) is 30.3 Å². The maximum Gasteiger partial charge on any atom is 0.0595 e. The van der Waals surface area contributed by atoms with Crippen LogP contribution in [0.25, 0.3) is 0 Å². The number of ether oxygens (including phenoxy) is 1. The Morgan fingerprint density at radius 3 is 2.42 bits per heavy atom. The zero-order chi connectivity index (χ0) is 13.1. The molecule has 0 N–H and O–H groups in total. The van der Waals surface area contributed by atoms with E-state index in [0.717, 1.165) is 6.04 Å². The van der Waals surface area contributed by atoms with Crippen LogP contribution in [0.2, 0.25) is 0 Å². The molecule has 1 atom stereocenters. The Morgan fingerprint density at radius 1 is 1.00 bits per heavy atom. The van der Waals surface area contributed by atoms with Crippen molar-refractivity contribution in [3.05, 3.63) is 30.3 Å². The van der Waals surface area contributed by atoms with E-state index in [0.29, 0.717) is 6.10 Å². The number of methoxy groups -OCH3 is 1. The van der Waals surface area contributed by atoms with E-state index in [1.165, 1.54) is 51.1 Å². The molecular weight excluding hydrogens is 236 g/mol. The number of para-hydroxylation sites is 1. The van der Waals surface area contributed by atoms with E-state index in [1.807, 2.05) is 7.11 Å². The number of rotatable bonds is 3. The van der Waals surface area contributed by atoms with Gasteiger partial charge in [0.15, 0.2) is 0 Å². The number of likely N-dealkylation sites (tertiary alicyclic amines) is 1. The second kappa shape index (κ2) is 5.93. The fourth-order valence-electron chi connectivity index (χ4n) is 3.39. The lowest BCUT2D eigenvalue weighted by molar-refractivity contribution is 0.0302. The molecule has 0 amide bonds. The van der Waals surface area contributed by atoms with Gasteiger partial charge in [-0.15, -0.1) is 0 Å². The van der Waals surface area contributed by atoms with Crippen LogP contribution < -0.4 is 4.90 Å². The first-order valence-corrected chi connectivity index (χ1v) is 7.43. The van der Waals surface area contributed by atoms with E-state index < -0.39 is 0 Å². The molecule has 1 unspecified atom stereocenters. The summed E-state index contributed by atoms with van der Waals surface area (Å²) in [4.78, 5) is 5.19. The highest BCUT2D eigenvalue weighted by Gasteiger charge is 2.30. The lowest BCUT2D eigenvalue weighted by Crippen LogP contribution is -2.44. The van der Waals surface area contributed by atoms with Crippen molar-refractivity contribution in [2.75, 3.05) is 38.2 Å². The lowest BCUT2D eigenvalue weighted by atomic mass is 10.1. The smallest absolute Gasteiger partial charge is 0.0595 e. The van der Waals surface area contributed by atoms with Crippen LogP contribution in [-0.4, -0.2) is 50.3 Å². The fourth-order valence-corrected chi connectivity index (χ4v) is 3.39. The molecule has 0 spiro atoms. The van der Waals surface area contributed by atoms with Crippen LogP contribution in [0, 0.1) is 0 Å². The highest BCUT2D eigenvalue weighted by Crippen LogP contribution is 2.25. The van der Waals surface area contributed by atoms with Gasteiger partial charge in [0.1, 0.15) is 0 Å². The minimum atomic E-state index is 0.489. The van der Waals surface area contributed by atoms with Gasteiger partial charge in [0.05, 0.1) is 6.10 Å². The van der Waals surface area contributed by atoms with Crippen LogP contribution in [0.1, 0.15) is 19.3 Å². The number of nitrogens with zero attached hydrogens (tertiary/aromatic N) is 2. The van der Waals surface area contributed by atoms with E-state index in [9.17, 15) is 0 Å². The van der Waals surface area contributed by atoms with Gasteiger partial charge in [-0.3, -0.25) is 4.90 Å². The van der Waals surface area contributed by atoms with Gasteiger partial charge in [-0.2, -0.15) is 0 Å². The van der Waals surface area contributed by atoms with Gasteiger partial charge in [-0.25, -0.2) is 0 Å². The van der Waals surface area contributed by atoms with E-state index in [1.54, 1.807) is 0 Å².